The van der Waals surface area contributed by atoms with Crippen molar-refractivity contribution in [1.29, 1.82) is 0 Å². The Morgan fingerprint density at radius 2 is 1.69 bits per heavy atom. The van der Waals surface area contributed by atoms with Crippen molar-refractivity contribution in [2.24, 2.45) is 0 Å². The van der Waals surface area contributed by atoms with Crippen molar-refractivity contribution in [1.82, 2.24) is 15.3 Å². The number of hydrogen-bond acceptors (Lipinski definition) is 6. The van der Waals surface area contributed by atoms with Gasteiger partial charge in [-0.15, -0.1) is 0 Å². The van der Waals surface area contributed by atoms with E-state index in [1.54, 1.807) is 49.6 Å². The molecule has 3 aromatic carbocycles. The average molecular weight is 599 g/mol. The van der Waals surface area contributed by atoms with E-state index in [9.17, 15) is 27.2 Å². The Labute approximate surface area is 242 Å². The lowest BCUT2D eigenvalue weighted by molar-refractivity contribution is -0.137. The van der Waals surface area contributed by atoms with Crippen LogP contribution in [0.15, 0.2) is 66.9 Å². The highest BCUT2D eigenvalue weighted by atomic mass is 35.5. The van der Waals surface area contributed by atoms with E-state index in [-0.39, 0.29) is 11.6 Å². The van der Waals surface area contributed by atoms with E-state index in [1.807, 2.05) is 4.90 Å². The maximum Gasteiger partial charge on any atom is 0.416 e. The van der Waals surface area contributed by atoms with Gasteiger partial charge >= 0.3 is 6.18 Å². The number of fused-ring (bicyclic) bond motifs is 1. The van der Waals surface area contributed by atoms with Gasteiger partial charge in [-0.2, -0.15) is 13.2 Å². The summed E-state index contributed by atoms with van der Waals surface area (Å²) in [5.41, 5.74) is 2.12. The van der Waals surface area contributed by atoms with Gasteiger partial charge in [0.15, 0.2) is 0 Å². The van der Waals surface area contributed by atoms with Crippen molar-refractivity contribution >= 4 is 46.4 Å². The SMILES string of the molecule is CNC(=O)c1ccc(Nc2ncc3c(n2)CCN(c2cc(NC(=O)c4cc(F)cc(C(F)(F)F)c4)ccc2Cl)C3)cc1. The molecule has 13 heteroatoms. The standard InChI is InChI=1S/C29H23ClF4N6O2/c1-35-26(41)16-2-4-21(5-3-16)38-28-36-14-18-15-40(9-8-24(18)39-28)25-13-22(6-7-23(25)30)37-27(42)17-10-19(29(32,33)34)12-20(31)11-17/h2-7,10-14H,8-9,15H2,1H3,(H,35,41)(H,37,42)(H,36,38,39). The Morgan fingerprint density at radius 1 is 0.952 bits per heavy atom. The molecule has 4 aromatic rings. The smallest absolute Gasteiger partial charge is 0.365 e. The molecule has 0 fully saturated rings. The monoisotopic (exact) mass is 598 g/mol. The molecule has 1 aliphatic rings. The summed E-state index contributed by atoms with van der Waals surface area (Å²) >= 11 is 6.46. The fraction of sp³-hybridized carbons (Fsp3) is 0.172. The van der Waals surface area contributed by atoms with Crippen molar-refractivity contribution < 1.29 is 27.2 Å². The third kappa shape index (κ3) is 6.44. The van der Waals surface area contributed by atoms with E-state index in [2.05, 4.69) is 25.9 Å². The normalized spacial score (nSPS) is 12.9. The maximum absolute atomic E-state index is 13.8. The molecule has 42 heavy (non-hydrogen) atoms. The molecule has 0 aliphatic carbocycles. The number of nitrogens with one attached hydrogen (secondary N) is 3. The molecule has 2 amide bonds. The van der Waals surface area contributed by atoms with E-state index < -0.39 is 29.0 Å². The summed E-state index contributed by atoms with van der Waals surface area (Å²) in [5, 5.41) is 8.62. The van der Waals surface area contributed by atoms with E-state index in [1.165, 1.54) is 6.07 Å². The van der Waals surface area contributed by atoms with E-state index in [0.29, 0.717) is 53.9 Å². The molecule has 3 N–H and O–H groups in total. The number of hydrogen-bond donors (Lipinski definition) is 3. The summed E-state index contributed by atoms with van der Waals surface area (Å²) < 4.78 is 53.0. The van der Waals surface area contributed by atoms with Crippen LogP contribution in [0.25, 0.3) is 0 Å². The first-order chi connectivity index (χ1) is 20.0. The highest BCUT2D eigenvalue weighted by Gasteiger charge is 2.32. The Bertz CT molecular complexity index is 1660. The zero-order valence-electron chi connectivity index (χ0n) is 22.0. The van der Waals surface area contributed by atoms with Gasteiger partial charge in [0.05, 0.1) is 22.0 Å². The molecule has 0 saturated heterocycles. The summed E-state index contributed by atoms with van der Waals surface area (Å²) in [7, 11) is 1.56. The van der Waals surface area contributed by atoms with Crippen LogP contribution in [0.4, 0.5) is 40.6 Å². The molecule has 0 radical (unpaired) electrons. The van der Waals surface area contributed by atoms with Crippen molar-refractivity contribution in [2.45, 2.75) is 19.1 Å². The number of alkyl halides is 3. The topological polar surface area (TPSA) is 99.2 Å². The second kappa shape index (κ2) is 11.6. The molecule has 1 aromatic heterocycles. The molecule has 0 bridgehead atoms. The van der Waals surface area contributed by atoms with E-state index in [0.717, 1.165) is 23.0 Å². The van der Waals surface area contributed by atoms with Crippen LogP contribution in [0.1, 0.15) is 37.5 Å². The lowest BCUT2D eigenvalue weighted by Gasteiger charge is -2.31. The molecule has 1 aliphatic heterocycles. The Balaban J connectivity index is 1.29. The van der Waals surface area contributed by atoms with E-state index >= 15 is 0 Å². The van der Waals surface area contributed by atoms with Crippen molar-refractivity contribution in [2.75, 3.05) is 29.1 Å². The summed E-state index contributed by atoms with van der Waals surface area (Å²) in [6.07, 6.45) is -2.52. The van der Waals surface area contributed by atoms with E-state index in [4.69, 9.17) is 11.6 Å². The molecular weight excluding hydrogens is 576 g/mol. The molecular formula is C29H23ClF4N6O2. The van der Waals surface area contributed by atoms with Crippen LogP contribution >= 0.6 is 11.6 Å². The van der Waals surface area contributed by atoms with Crippen molar-refractivity contribution in [3.8, 4) is 0 Å². The van der Waals surface area contributed by atoms with Crippen LogP contribution < -0.4 is 20.9 Å². The van der Waals surface area contributed by atoms with Crippen LogP contribution in [0.5, 0.6) is 0 Å². The van der Waals surface area contributed by atoms with Gasteiger partial charge in [0, 0.05) is 60.8 Å². The van der Waals surface area contributed by atoms with Gasteiger partial charge in [-0.05, 0) is 60.7 Å². The summed E-state index contributed by atoms with van der Waals surface area (Å²) in [5.74, 6) is -1.84. The summed E-state index contributed by atoms with van der Waals surface area (Å²) in [6.45, 7) is 0.965. The fourth-order valence-electron chi connectivity index (χ4n) is 4.48. The average Bonchev–Trinajstić information content (AvgIpc) is 2.97. The first-order valence-corrected chi connectivity index (χ1v) is 13.1. The van der Waals surface area contributed by atoms with Gasteiger partial charge in [-0.3, -0.25) is 9.59 Å². The second-order valence-electron chi connectivity index (χ2n) is 9.47. The molecule has 8 nitrogen and oxygen atoms in total. The zero-order valence-corrected chi connectivity index (χ0v) is 22.8. The van der Waals surface area contributed by atoms with Crippen LogP contribution in [-0.2, 0) is 19.1 Å². The van der Waals surface area contributed by atoms with Gasteiger partial charge in [0.25, 0.3) is 11.8 Å². The van der Waals surface area contributed by atoms with Gasteiger partial charge in [0.1, 0.15) is 5.82 Å². The number of aromatic nitrogens is 2. The molecule has 2 heterocycles. The second-order valence-corrected chi connectivity index (χ2v) is 9.87. The number of nitrogens with zero attached hydrogens (tertiary/aromatic N) is 3. The maximum atomic E-state index is 13.8. The molecule has 0 atom stereocenters. The van der Waals surface area contributed by atoms with Gasteiger partial charge < -0.3 is 20.9 Å². The highest BCUT2D eigenvalue weighted by molar-refractivity contribution is 6.33. The lowest BCUT2D eigenvalue weighted by Crippen LogP contribution is -2.31. The summed E-state index contributed by atoms with van der Waals surface area (Å²) in [6, 6.07) is 13.2. The van der Waals surface area contributed by atoms with Crippen molar-refractivity contribution in [3.63, 3.8) is 0 Å². The third-order valence-electron chi connectivity index (χ3n) is 6.60. The molecule has 0 saturated carbocycles. The first-order valence-electron chi connectivity index (χ1n) is 12.7. The Kier molecular flexibility index (Phi) is 7.99. The molecule has 0 unspecified atom stereocenters. The predicted octanol–water partition coefficient (Wildman–Crippen LogP) is 6.21. The number of carbonyl (C=O) groups excluding carboxylic acids is 2. The Hall–Kier alpha value is -4.71. The van der Waals surface area contributed by atoms with Crippen LogP contribution in [-0.4, -0.2) is 35.4 Å². The minimum atomic E-state index is -4.80. The minimum Gasteiger partial charge on any atom is -0.365 e. The largest absolute Gasteiger partial charge is 0.416 e. The number of amides is 2. The quantitative estimate of drug-likeness (QED) is 0.228. The van der Waals surface area contributed by atoms with Gasteiger partial charge in [0.2, 0.25) is 5.95 Å². The fourth-order valence-corrected chi connectivity index (χ4v) is 4.72. The van der Waals surface area contributed by atoms with Crippen LogP contribution in [0.2, 0.25) is 5.02 Å². The van der Waals surface area contributed by atoms with Gasteiger partial charge in [-0.25, -0.2) is 14.4 Å². The van der Waals surface area contributed by atoms with Crippen molar-refractivity contribution in [3.05, 3.63) is 106 Å². The first kappa shape index (κ1) is 28.8. The van der Waals surface area contributed by atoms with Gasteiger partial charge in [-0.1, -0.05) is 11.6 Å². The molecule has 216 valence electrons. The van der Waals surface area contributed by atoms with Crippen LogP contribution in [0, 0.1) is 5.82 Å². The Morgan fingerprint density at radius 3 is 2.40 bits per heavy atom. The molecule has 5 rings (SSSR count). The zero-order chi connectivity index (χ0) is 30.0. The number of benzene rings is 3. The number of rotatable bonds is 6. The highest BCUT2D eigenvalue weighted by Crippen LogP contribution is 2.34. The summed E-state index contributed by atoms with van der Waals surface area (Å²) in [4.78, 5) is 35.4. The number of anilines is 4. The third-order valence-corrected chi connectivity index (χ3v) is 6.92. The van der Waals surface area contributed by atoms with Crippen LogP contribution in [0.3, 0.4) is 0 Å². The number of halogens is 5. The molecule has 0 spiro atoms. The lowest BCUT2D eigenvalue weighted by atomic mass is 10.1. The number of carbonyl (C=O) groups is 2. The minimum absolute atomic E-state index is 0.185. The predicted molar refractivity (Wildman–Crippen MR) is 151 cm³/mol.